The molecule has 1 fully saturated rings. The van der Waals surface area contributed by atoms with Crippen LogP contribution in [0, 0.1) is 0 Å². The minimum atomic E-state index is -0.347. The Labute approximate surface area is 201 Å². The lowest BCUT2D eigenvalue weighted by atomic mass is 10.1. The average Bonchev–Trinajstić information content (AvgIpc) is 2.87. The van der Waals surface area contributed by atoms with Gasteiger partial charge in [0.2, 0.25) is 5.91 Å². The number of carbonyl (C=O) groups excluding carboxylic acids is 2. The molecule has 0 unspecified atom stereocenters. The molecule has 8 heteroatoms. The quantitative estimate of drug-likeness (QED) is 0.497. The first-order valence-corrected chi connectivity index (χ1v) is 11.8. The second kappa shape index (κ2) is 13.6. The molecule has 3 rings (SSSR count). The molecular formula is C26H35N3O5. The van der Waals surface area contributed by atoms with E-state index in [0.717, 1.165) is 43.9 Å². The number of para-hydroxylation sites is 1. The molecule has 0 atom stereocenters. The molecule has 0 spiro atoms. The van der Waals surface area contributed by atoms with Gasteiger partial charge in [-0.2, -0.15) is 0 Å². The van der Waals surface area contributed by atoms with Crippen LogP contribution in [0.15, 0.2) is 48.5 Å². The van der Waals surface area contributed by atoms with Crippen LogP contribution in [0.5, 0.6) is 11.5 Å². The van der Waals surface area contributed by atoms with E-state index >= 15 is 0 Å². The standard InChI is InChI=1S/C26H35N3O5/c1-3-33-24-10-5-4-9-23(24)26(31)28-19-25(30)27-18-20-7-6-8-22(17-20)34-16-13-29(2)21-11-14-32-15-12-21/h4-10,17,21H,3,11-16,18-19H2,1-2H3,(H,27,30)(H,28,31). The van der Waals surface area contributed by atoms with Crippen molar-refractivity contribution >= 4 is 11.8 Å². The number of rotatable bonds is 12. The fourth-order valence-corrected chi connectivity index (χ4v) is 3.82. The van der Waals surface area contributed by atoms with E-state index in [4.69, 9.17) is 14.2 Å². The molecule has 2 amide bonds. The number of amides is 2. The predicted octanol–water partition coefficient (Wildman–Crippen LogP) is 2.62. The summed E-state index contributed by atoms with van der Waals surface area (Å²) in [7, 11) is 2.12. The van der Waals surface area contributed by atoms with Crippen molar-refractivity contribution in [1.82, 2.24) is 15.5 Å². The third kappa shape index (κ3) is 8.04. The number of carbonyl (C=O) groups is 2. The van der Waals surface area contributed by atoms with Crippen LogP contribution in [-0.2, 0) is 16.1 Å². The van der Waals surface area contributed by atoms with Gasteiger partial charge in [-0.1, -0.05) is 24.3 Å². The van der Waals surface area contributed by atoms with Gasteiger partial charge in [0.25, 0.3) is 5.91 Å². The predicted molar refractivity (Wildman–Crippen MR) is 130 cm³/mol. The third-order valence-electron chi connectivity index (χ3n) is 5.76. The Morgan fingerprint density at radius 1 is 1.06 bits per heavy atom. The van der Waals surface area contributed by atoms with Gasteiger partial charge in [-0.15, -0.1) is 0 Å². The smallest absolute Gasteiger partial charge is 0.255 e. The molecule has 1 saturated heterocycles. The van der Waals surface area contributed by atoms with Gasteiger partial charge in [0.1, 0.15) is 18.1 Å². The van der Waals surface area contributed by atoms with Crippen LogP contribution < -0.4 is 20.1 Å². The Balaban J connectivity index is 1.39. The maximum Gasteiger partial charge on any atom is 0.255 e. The van der Waals surface area contributed by atoms with E-state index in [9.17, 15) is 9.59 Å². The van der Waals surface area contributed by atoms with Gasteiger partial charge in [0, 0.05) is 32.3 Å². The molecular weight excluding hydrogens is 434 g/mol. The first-order valence-electron chi connectivity index (χ1n) is 11.8. The number of hydrogen-bond donors (Lipinski definition) is 2. The van der Waals surface area contributed by atoms with Crippen molar-refractivity contribution in [2.45, 2.75) is 32.4 Å². The van der Waals surface area contributed by atoms with E-state index < -0.39 is 0 Å². The molecule has 2 aromatic carbocycles. The molecule has 34 heavy (non-hydrogen) atoms. The van der Waals surface area contributed by atoms with Crippen molar-refractivity contribution in [3.05, 3.63) is 59.7 Å². The van der Waals surface area contributed by atoms with Crippen LogP contribution in [0.25, 0.3) is 0 Å². The normalized spacial score (nSPS) is 14.0. The summed E-state index contributed by atoms with van der Waals surface area (Å²) in [5.74, 6) is 0.651. The number of ether oxygens (including phenoxy) is 3. The van der Waals surface area contributed by atoms with Crippen LogP contribution in [0.2, 0.25) is 0 Å². The van der Waals surface area contributed by atoms with E-state index in [1.807, 2.05) is 31.2 Å². The zero-order chi connectivity index (χ0) is 24.2. The molecule has 2 aromatic rings. The summed E-state index contributed by atoms with van der Waals surface area (Å²) in [6.45, 7) is 5.64. The van der Waals surface area contributed by atoms with Gasteiger partial charge >= 0.3 is 0 Å². The lowest BCUT2D eigenvalue weighted by Crippen LogP contribution is -2.38. The van der Waals surface area contributed by atoms with Gasteiger partial charge in [0.15, 0.2) is 0 Å². The van der Waals surface area contributed by atoms with E-state index in [1.54, 1.807) is 24.3 Å². The van der Waals surface area contributed by atoms with Crippen LogP contribution in [-0.4, -0.2) is 69.3 Å². The number of nitrogens with zero attached hydrogens (tertiary/aromatic N) is 1. The Morgan fingerprint density at radius 2 is 1.85 bits per heavy atom. The van der Waals surface area contributed by atoms with Crippen molar-refractivity contribution in [2.75, 3.05) is 46.6 Å². The summed E-state index contributed by atoms with van der Waals surface area (Å²) in [6.07, 6.45) is 2.12. The second-order valence-electron chi connectivity index (χ2n) is 8.21. The molecule has 8 nitrogen and oxygen atoms in total. The Morgan fingerprint density at radius 3 is 2.65 bits per heavy atom. The van der Waals surface area contributed by atoms with Gasteiger partial charge in [-0.25, -0.2) is 0 Å². The van der Waals surface area contributed by atoms with E-state index in [-0.39, 0.29) is 18.4 Å². The van der Waals surface area contributed by atoms with Crippen molar-refractivity contribution < 1.29 is 23.8 Å². The highest BCUT2D eigenvalue weighted by Gasteiger charge is 2.18. The molecule has 0 aliphatic carbocycles. The average molecular weight is 470 g/mol. The molecule has 1 heterocycles. The van der Waals surface area contributed by atoms with Crippen LogP contribution in [0.1, 0.15) is 35.7 Å². The fourth-order valence-electron chi connectivity index (χ4n) is 3.82. The van der Waals surface area contributed by atoms with Gasteiger partial charge < -0.3 is 24.8 Å². The number of hydrogen-bond acceptors (Lipinski definition) is 6. The van der Waals surface area contributed by atoms with Crippen molar-refractivity contribution in [3.63, 3.8) is 0 Å². The highest BCUT2D eigenvalue weighted by atomic mass is 16.5. The topological polar surface area (TPSA) is 89.1 Å². The zero-order valence-electron chi connectivity index (χ0n) is 20.0. The van der Waals surface area contributed by atoms with Crippen LogP contribution in [0.3, 0.4) is 0 Å². The molecule has 1 aliphatic rings. The lowest BCUT2D eigenvalue weighted by Gasteiger charge is -2.31. The molecule has 2 N–H and O–H groups in total. The van der Waals surface area contributed by atoms with Crippen molar-refractivity contribution in [3.8, 4) is 11.5 Å². The maximum atomic E-state index is 12.4. The Kier molecular flexibility index (Phi) is 10.2. The third-order valence-corrected chi connectivity index (χ3v) is 5.76. The largest absolute Gasteiger partial charge is 0.493 e. The van der Waals surface area contributed by atoms with Crippen LogP contribution >= 0.6 is 0 Å². The molecule has 0 radical (unpaired) electrons. The summed E-state index contributed by atoms with van der Waals surface area (Å²) in [5.41, 5.74) is 1.33. The number of nitrogens with one attached hydrogen (secondary N) is 2. The Hall–Kier alpha value is -3.10. The SMILES string of the molecule is CCOc1ccccc1C(=O)NCC(=O)NCc1cccc(OCCN(C)C2CCOCC2)c1. The summed E-state index contributed by atoms with van der Waals surface area (Å²) < 4.78 is 16.8. The molecule has 1 aliphatic heterocycles. The highest BCUT2D eigenvalue weighted by Crippen LogP contribution is 2.18. The monoisotopic (exact) mass is 469 g/mol. The van der Waals surface area contributed by atoms with Gasteiger partial charge in [-0.3, -0.25) is 14.5 Å². The summed E-state index contributed by atoms with van der Waals surface area (Å²) >= 11 is 0. The minimum absolute atomic E-state index is 0.117. The lowest BCUT2D eigenvalue weighted by molar-refractivity contribution is -0.120. The van der Waals surface area contributed by atoms with Crippen molar-refractivity contribution in [1.29, 1.82) is 0 Å². The zero-order valence-corrected chi connectivity index (χ0v) is 20.0. The molecule has 0 bridgehead atoms. The van der Waals surface area contributed by atoms with E-state index in [0.29, 0.717) is 37.1 Å². The maximum absolute atomic E-state index is 12.4. The number of benzene rings is 2. The fraction of sp³-hybridized carbons (Fsp3) is 0.462. The number of likely N-dealkylation sites (N-methyl/N-ethyl adjacent to an activating group) is 1. The summed E-state index contributed by atoms with van der Waals surface area (Å²) in [5, 5.41) is 5.47. The molecule has 0 aromatic heterocycles. The molecule has 0 saturated carbocycles. The van der Waals surface area contributed by atoms with Crippen LogP contribution in [0.4, 0.5) is 0 Å². The van der Waals surface area contributed by atoms with Gasteiger partial charge in [0.05, 0.1) is 18.7 Å². The molecule has 184 valence electrons. The summed E-state index contributed by atoms with van der Waals surface area (Å²) in [4.78, 5) is 27.0. The van der Waals surface area contributed by atoms with Gasteiger partial charge in [-0.05, 0) is 56.6 Å². The highest BCUT2D eigenvalue weighted by molar-refractivity contribution is 5.98. The minimum Gasteiger partial charge on any atom is -0.493 e. The van der Waals surface area contributed by atoms with E-state index in [1.165, 1.54) is 0 Å². The first kappa shape index (κ1) is 25.5. The Bertz CT molecular complexity index is 930. The van der Waals surface area contributed by atoms with E-state index in [2.05, 4.69) is 22.6 Å². The van der Waals surface area contributed by atoms with Crippen molar-refractivity contribution in [2.24, 2.45) is 0 Å². The first-order chi connectivity index (χ1) is 16.6. The second-order valence-corrected chi connectivity index (χ2v) is 8.21. The summed E-state index contributed by atoms with van der Waals surface area (Å²) in [6, 6.07) is 15.2.